The van der Waals surface area contributed by atoms with Gasteiger partial charge >= 0.3 is 0 Å². The van der Waals surface area contributed by atoms with Crippen molar-refractivity contribution in [1.29, 1.82) is 0 Å². The average molecular weight is 371 g/mol. The molecule has 1 aromatic carbocycles. The lowest BCUT2D eigenvalue weighted by atomic mass is 10.2. The van der Waals surface area contributed by atoms with Crippen molar-refractivity contribution in [2.45, 2.75) is 13.8 Å². The van der Waals surface area contributed by atoms with E-state index in [0.717, 1.165) is 5.56 Å². The van der Waals surface area contributed by atoms with Gasteiger partial charge in [0.25, 0.3) is 11.8 Å². The van der Waals surface area contributed by atoms with Crippen molar-refractivity contribution >= 4 is 34.9 Å². The van der Waals surface area contributed by atoms with Gasteiger partial charge in [0.1, 0.15) is 17.1 Å². The molecule has 0 atom stereocenters. The molecule has 0 bridgehead atoms. The fraction of sp³-hybridized carbons (Fsp3) is 0.111. The minimum absolute atomic E-state index is 0.0844. The van der Waals surface area contributed by atoms with Gasteiger partial charge in [-0.25, -0.2) is 4.98 Å². The molecule has 2 heterocycles. The molecule has 26 heavy (non-hydrogen) atoms. The lowest BCUT2D eigenvalue weighted by Gasteiger charge is -2.09. The van der Waals surface area contributed by atoms with E-state index in [-0.39, 0.29) is 17.2 Å². The average Bonchev–Trinajstić information content (AvgIpc) is 3.03. The fourth-order valence-electron chi connectivity index (χ4n) is 2.22. The van der Waals surface area contributed by atoms with Crippen molar-refractivity contribution in [2.75, 3.05) is 10.6 Å². The third kappa shape index (κ3) is 3.89. The van der Waals surface area contributed by atoms with Gasteiger partial charge in [-0.2, -0.15) is 0 Å². The summed E-state index contributed by atoms with van der Waals surface area (Å²) in [6, 6.07) is 11.4. The monoisotopic (exact) mass is 370 g/mol. The number of pyridine rings is 1. The zero-order valence-corrected chi connectivity index (χ0v) is 14.8. The summed E-state index contributed by atoms with van der Waals surface area (Å²) in [5, 5.41) is 9.53. The Labute approximate surface area is 154 Å². The number of carbonyl (C=O) groups is 2. The smallest absolute Gasteiger partial charge is 0.275 e. The van der Waals surface area contributed by atoms with Gasteiger partial charge < -0.3 is 15.2 Å². The molecule has 2 aromatic heterocycles. The van der Waals surface area contributed by atoms with Crippen LogP contribution in [0.5, 0.6) is 0 Å². The van der Waals surface area contributed by atoms with Crippen LogP contribution >= 0.6 is 11.6 Å². The molecule has 0 aliphatic carbocycles. The van der Waals surface area contributed by atoms with Crippen molar-refractivity contribution in [3.8, 4) is 0 Å². The summed E-state index contributed by atoms with van der Waals surface area (Å²) in [5.41, 5.74) is 1.52. The maximum Gasteiger partial charge on any atom is 0.275 e. The Morgan fingerprint density at radius 2 is 1.65 bits per heavy atom. The van der Waals surface area contributed by atoms with Crippen LogP contribution in [-0.4, -0.2) is 22.0 Å². The number of aryl methyl sites for hydroxylation is 1. The number of anilines is 2. The second-order valence-corrected chi connectivity index (χ2v) is 5.96. The number of benzene rings is 1. The summed E-state index contributed by atoms with van der Waals surface area (Å²) < 4.78 is 4.89. The molecule has 0 radical (unpaired) electrons. The Morgan fingerprint density at radius 3 is 2.31 bits per heavy atom. The lowest BCUT2D eigenvalue weighted by Crippen LogP contribution is -2.19. The quantitative estimate of drug-likeness (QED) is 0.727. The van der Waals surface area contributed by atoms with E-state index in [9.17, 15) is 9.59 Å². The number of nitrogens with zero attached hydrogens (tertiary/aromatic N) is 2. The molecule has 8 heteroatoms. The topological polar surface area (TPSA) is 97.1 Å². The number of halogens is 1. The first kappa shape index (κ1) is 17.6. The summed E-state index contributed by atoms with van der Waals surface area (Å²) in [6.45, 7) is 3.51. The van der Waals surface area contributed by atoms with Crippen molar-refractivity contribution in [1.82, 2.24) is 10.1 Å². The zero-order valence-electron chi connectivity index (χ0n) is 14.0. The normalized spacial score (nSPS) is 10.4. The minimum Gasteiger partial charge on any atom is -0.360 e. The molecular weight excluding hydrogens is 356 g/mol. The number of amides is 2. The van der Waals surface area contributed by atoms with E-state index in [1.807, 2.05) is 0 Å². The van der Waals surface area contributed by atoms with Gasteiger partial charge in [0.05, 0.1) is 0 Å². The molecule has 0 fully saturated rings. The van der Waals surface area contributed by atoms with E-state index in [1.165, 1.54) is 12.1 Å². The molecule has 3 rings (SSSR count). The first-order valence-corrected chi connectivity index (χ1v) is 8.10. The van der Waals surface area contributed by atoms with E-state index >= 15 is 0 Å². The molecule has 2 amide bonds. The number of carbonyl (C=O) groups excluding carboxylic acids is 2. The maximum atomic E-state index is 12.4. The Bertz CT molecular complexity index is 984. The van der Waals surface area contributed by atoms with E-state index < -0.39 is 11.8 Å². The van der Waals surface area contributed by atoms with Crippen LogP contribution in [0.3, 0.4) is 0 Å². The molecule has 132 valence electrons. The van der Waals surface area contributed by atoms with Crippen molar-refractivity contribution in [2.24, 2.45) is 0 Å². The second kappa shape index (κ2) is 7.37. The van der Waals surface area contributed by atoms with Crippen molar-refractivity contribution < 1.29 is 14.1 Å². The Hall–Kier alpha value is -3.19. The van der Waals surface area contributed by atoms with E-state index in [2.05, 4.69) is 20.8 Å². The first-order chi connectivity index (χ1) is 12.4. The zero-order chi connectivity index (χ0) is 18.7. The van der Waals surface area contributed by atoms with Crippen molar-refractivity contribution in [3.05, 3.63) is 70.2 Å². The van der Waals surface area contributed by atoms with E-state index in [0.29, 0.717) is 16.5 Å². The Kier molecular flexibility index (Phi) is 4.99. The molecule has 0 saturated carbocycles. The number of aromatic nitrogens is 2. The molecule has 0 aliphatic heterocycles. The third-order valence-corrected chi connectivity index (χ3v) is 4.01. The Morgan fingerprint density at radius 1 is 1.00 bits per heavy atom. The van der Waals surface area contributed by atoms with Crippen LogP contribution in [0.15, 0.2) is 47.0 Å². The third-order valence-electron chi connectivity index (χ3n) is 3.60. The summed E-state index contributed by atoms with van der Waals surface area (Å²) >= 11 is 6.06. The van der Waals surface area contributed by atoms with Crippen LogP contribution in [0.1, 0.15) is 32.3 Å². The number of nitrogens with one attached hydrogen (secondary N) is 2. The first-order valence-electron chi connectivity index (χ1n) is 7.72. The van der Waals surface area contributed by atoms with Crippen LogP contribution in [0.4, 0.5) is 11.5 Å². The lowest BCUT2D eigenvalue weighted by molar-refractivity contribution is 0.101. The molecule has 0 aliphatic rings. The number of rotatable bonds is 4. The molecular formula is C18H15ClN4O3. The summed E-state index contributed by atoms with van der Waals surface area (Å²) in [7, 11) is 0. The highest BCUT2D eigenvalue weighted by molar-refractivity contribution is 6.31. The van der Waals surface area contributed by atoms with Gasteiger partial charge in [-0.15, -0.1) is 0 Å². The van der Waals surface area contributed by atoms with E-state index in [1.54, 1.807) is 44.2 Å². The van der Waals surface area contributed by atoms with Gasteiger partial charge in [0.15, 0.2) is 5.82 Å². The molecule has 0 saturated heterocycles. The van der Waals surface area contributed by atoms with E-state index in [4.69, 9.17) is 16.1 Å². The van der Waals surface area contributed by atoms with Crippen LogP contribution in [0, 0.1) is 13.8 Å². The standard InChI is InChI=1S/C18H15ClN4O3/c1-10-9-16(23-26-10)22-18(25)15-8-4-7-14(20-15)17(24)21-13-6-3-5-12(19)11(13)2/h3-9H,1-2H3,(H,21,24)(H,22,23,25). The predicted molar refractivity (Wildman–Crippen MR) is 97.6 cm³/mol. The SMILES string of the molecule is Cc1cc(NC(=O)c2cccc(C(=O)Nc3cccc(Cl)c3C)n2)no1. The number of hydrogen-bond acceptors (Lipinski definition) is 5. The molecule has 3 aromatic rings. The fourth-order valence-corrected chi connectivity index (χ4v) is 2.40. The highest BCUT2D eigenvalue weighted by atomic mass is 35.5. The van der Waals surface area contributed by atoms with Crippen LogP contribution < -0.4 is 10.6 Å². The van der Waals surface area contributed by atoms with Crippen LogP contribution in [0.25, 0.3) is 0 Å². The molecule has 7 nitrogen and oxygen atoms in total. The highest BCUT2D eigenvalue weighted by Gasteiger charge is 2.15. The summed E-state index contributed by atoms with van der Waals surface area (Å²) in [6.07, 6.45) is 0. The maximum absolute atomic E-state index is 12.4. The molecule has 2 N–H and O–H groups in total. The predicted octanol–water partition coefficient (Wildman–Crippen LogP) is 3.84. The number of hydrogen-bond donors (Lipinski definition) is 2. The minimum atomic E-state index is -0.494. The van der Waals surface area contributed by atoms with Crippen molar-refractivity contribution in [3.63, 3.8) is 0 Å². The van der Waals surface area contributed by atoms with Crippen LogP contribution in [-0.2, 0) is 0 Å². The molecule has 0 spiro atoms. The van der Waals surface area contributed by atoms with Gasteiger partial charge in [-0.3, -0.25) is 9.59 Å². The summed E-state index contributed by atoms with van der Waals surface area (Å²) in [5.74, 6) is -0.0915. The van der Waals surface area contributed by atoms with Gasteiger partial charge in [-0.05, 0) is 43.7 Å². The second-order valence-electron chi connectivity index (χ2n) is 5.55. The summed E-state index contributed by atoms with van der Waals surface area (Å²) in [4.78, 5) is 28.8. The van der Waals surface area contributed by atoms with Gasteiger partial charge in [0.2, 0.25) is 0 Å². The Balaban J connectivity index is 1.76. The molecule has 0 unspecified atom stereocenters. The van der Waals surface area contributed by atoms with Gasteiger partial charge in [0, 0.05) is 16.8 Å². The largest absolute Gasteiger partial charge is 0.360 e. The highest BCUT2D eigenvalue weighted by Crippen LogP contribution is 2.23. The van der Waals surface area contributed by atoms with Gasteiger partial charge in [-0.1, -0.05) is 28.9 Å². The van der Waals surface area contributed by atoms with Crippen LogP contribution in [0.2, 0.25) is 5.02 Å².